The second-order valence-corrected chi connectivity index (χ2v) is 8.15. The minimum atomic E-state index is -1.39. The smallest absolute Gasteiger partial charge is 0.154 e. The molecule has 0 spiro atoms. The molecule has 0 bridgehead atoms. The number of ether oxygens (including phenoxy) is 2. The summed E-state index contributed by atoms with van der Waals surface area (Å²) in [6, 6.07) is 14.1. The van der Waals surface area contributed by atoms with Gasteiger partial charge in [-0.2, -0.15) is 5.10 Å². The molecule has 0 saturated carbocycles. The second kappa shape index (κ2) is 11.4. The fraction of sp³-hybridized carbons (Fsp3) is 0.346. The third-order valence-electron chi connectivity index (χ3n) is 5.77. The summed E-state index contributed by atoms with van der Waals surface area (Å²) in [5, 5.41) is 14.5. The number of aliphatic hydroxyl groups excluding tert-OH is 1. The van der Waals surface area contributed by atoms with Crippen LogP contribution in [0.5, 0.6) is 5.75 Å². The average molecular weight is 480 g/mol. The molecule has 0 aliphatic heterocycles. The first kappa shape index (κ1) is 24.7. The fourth-order valence-electron chi connectivity index (χ4n) is 3.85. The first-order chi connectivity index (χ1) is 17.0. The van der Waals surface area contributed by atoms with Crippen molar-refractivity contribution in [3.63, 3.8) is 0 Å². The van der Waals surface area contributed by atoms with Crippen molar-refractivity contribution in [2.75, 3.05) is 26.9 Å². The van der Waals surface area contributed by atoms with E-state index in [1.54, 1.807) is 30.1 Å². The minimum Gasteiger partial charge on any atom is -0.490 e. The molecule has 35 heavy (non-hydrogen) atoms. The number of nitrogens with zero attached hydrogens (tertiary/aromatic N) is 4. The molecule has 3 N–H and O–H groups in total. The van der Waals surface area contributed by atoms with Crippen molar-refractivity contribution in [1.29, 1.82) is 0 Å². The summed E-state index contributed by atoms with van der Waals surface area (Å²) in [6.45, 7) is 2.59. The van der Waals surface area contributed by atoms with E-state index in [0.29, 0.717) is 36.2 Å². The van der Waals surface area contributed by atoms with Crippen molar-refractivity contribution in [1.82, 2.24) is 19.7 Å². The van der Waals surface area contributed by atoms with Gasteiger partial charge in [0.15, 0.2) is 5.82 Å². The van der Waals surface area contributed by atoms with E-state index >= 15 is 0 Å². The van der Waals surface area contributed by atoms with E-state index in [0.717, 1.165) is 28.6 Å². The molecule has 184 valence electrons. The molecular weight excluding hydrogens is 449 g/mol. The maximum Gasteiger partial charge on any atom is 0.154 e. The van der Waals surface area contributed by atoms with Gasteiger partial charge in [-0.15, -0.1) is 0 Å². The van der Waals surface area contributed by atoms with Crippen LogP contribution in [0.25, 0.3) is 28.0 Å². The zero-order valence-corrected chi connectivity index (χ0v) is 19.9. The number of alkyl halides is 1. The number of nitrogens with two attached hydrogens (primary N) is 1. The number of hydrogen-bond acceptors (Lipinski definition) is 7. The molecule has 8 nitrogen and oxygen atoms in total. The molecule has 3 aromatic heterocycles. The number of aliphatic hydroxyl groups is 1. The number of fused-ring (bicyclic) bond motifs is 1. The highest BCUT2D eigenvalue weighted by Gasteiger charge is 2.21. The van der Waals surface area contributed by atoms with E-state index in [-0.39, 0.29) is 13.0 Å². The van der Waals surface area contributed by atoms with Crippen molar-refractivity contribution < 1.29 is 19.0 Å². The SMILES string of the molecule is CCc1cccc(-n2ncc3c(OCCOC)cc(-c4cccc([C@H](N)C(F)CCO)n4)cc32)n1. The summed E-state index contributed by atoms with van der Waals surface area (Å²) < 4.78 is 27.3. The molecule has 1 unspecified atom stereocenters. The Hall–Kier alpha value is -3.40. The van der Waals surface area contributed by atoms with Gasteiger partial charge in [0, 0.05) is 31.4 Å². The van der Waals surface area contributed by atoms with Crippen LogP contribution >= 0.6 is 0 Å². The zero-order valence-electron chi connectivity index (χ0n) is 19.9. The molecule has 0 aliphatic rings. The number of methoxy groups -OCH3 is 1. The molecule has 1 aromatic carbocycles. The lowest BCUT2D eigenvalue weighted by Gasteiger charge is -2.16. The maximum atomic E-state index is 14.3. The van der Waals surface area contributed by atoms with Gasteiger partial charge in [0.2, 0.25) is 0 Å². The Kier molecular flexibility index (Phi) is 8.02. The predicted octanol–water partition coefficient (Wildman–Crippen LogP) is 3.79. The molecule has 4 rings (SSSR count). The Balaban J connectivity index is 1.81. The quantitative estimate of drug-likeness (QED) is 0.315. The Morgan fingerprint density at radius 2 is 1.94 bits per heavy atom. The number of aryl methyl sites for hydroxylation is 1. The van der Waals surface area contributed by atoms with Crippen LogP contribution in [0.3, 0.4) is 0 Å². The summed E-state index contributed by atoms with van der Waals surface area (Å²) in [7, 11) is 1.62. The molecule has 9 heteroatoms. The van der Waals surface area contributed by atoms with Crippen molar-refractivity contribution >= 4 is 10.9 Å². The van der Waals surface area contributed by atoms with E-state index in [2.05, 4.69) is 17.0 Å². The average Bonchev–Trinajstić information content (AvgIpc) is 3.33. The van der Waals surface area contributed by atoms with Gasteiger partial charge in [-0.1, -0.05) is 19.1 Å². The van der Waals surface area contributed by atoms with Crippen molar-refractivity contribution in [3.05, 3.63) is 66.1 Å². The first-order valence-electron chi connectivity index (χ1n) is 11.6. The summed E-state index contributed by atoms with van der Waals surface area (Å²) >= 11 is 0. The number of rotatable bonds is 11. The van der Waals surface area contributed by atoms with Gasteiger partial charge in [-0.3, -0.25) is 4.98 Å². The van der Waals surface area contributed by atoms with Crippen LogP contribution in [0.15, 0.2) is 54.7 Å². The summed E-state index contributed by atoms with van der Waals surface area (Å²) in [5.74, 6) is 1.33. The molecular formula is C26H30FN5O3. The summed E-state index contributed by atoms with van der Waals surface area (Å²) in [6.07, 6.45) is 1.13. The predicted molar refractivity (Wildman–Crippen MR) is 132 cm³/mol. The molecule has 0 amide bonds. The largest absolute Gasteiger partial charge is 0.490 e. The van der Waals surface area contributed by atoms with Gasteiger partial charge in [-0.05, 0) is 42.8 Å². The molecule has 0 aliphatic carbocycles. The number of halogens is 1. The molecule has 4 aromatic rings. The van der Waals surface area contributed by atoms with Crippen molar-refractivity contribution in [3.8, 4) is 22.8 Å². The van der Waals surface area contributed by atoms with Crippen LogP contribution in [0.2, 0.25) is 0 Å². The fourth-order valence-corrected chi connectivity index (χ4v) is 3.85. The van der Waals surface area contributed by atoms with Gasteiger partial charge in [-0.25, -0.2) is 14.1 Å². The third kappa shape index (κ3) is 5.48. The Labute approximate surface area is 203 Å². The van der Waals surface area contributed by atoms with E-state index in [9.17, 15) is 4.39 Å². The third-order valence-corrected chi connectivity index (χ3v) is 5.77. The monoisotopic (exact) mass is 479 g/mol. The number of benzene rings is 1. The lowest BCUT2D eigenvalue weighted by Crippen LogP contribution is -2.24. The second-order valence-electron chi connectivity index (χ2n) is 8.15. The van der Waals surface area contributed by atoms with Crippen LogP contribution in [-0.4, -0.2) is 58.0 Å². The first-order valence-corrected chi connectivity index (χ1v) is 11.6. The molecule has 0 fully saturated rings. The Bertz CT molecular complexity index is 1280. The highest BCUT2D eigenvalue weighted by atomic mass is 19.1. The molecule has 0 saturated heterocycles. The molecule has 2 atom stereocenters. The van der Waals surface area contributed by atoms with Gasteiger partial charge < -0.3 is 20.3 Å². The van der Waals surface area contributed by atoms with Crippen LogP contribution in [-0.2, 0) is 11.2 Å². The number of hydrogen-bond donors (Lipinski definition) is 2. The Morgan fingerprint density at radius 3 is 2.71 bits per heavy atom. The van der Waals surface area contributed by atoms with E-state index in [1.807, 2.05) is 36.4 Å². The van der Waals surface area contributed by atoms with Crippen LogP contribution in [0, 0.1) is 0 Å². The van der Waals surface area contributed by atoms with Crippen LogP contribution < -0.4 is 10.5 Å². The molecule has 0 radical (unpaired) electrons. The van der Waals surface area contributed by atoms with Gasteiger partial charge in [0.25, 0.3) is 0 Å². The Morgan fingerprint density at radius 1 is 1.11 bits per heavy atom. The van der Waals surface area contributed by atoms with Crippen molar-refractivity contribution in [2.45, 2.75) is 32.0 Å². The summed E-state index contributed by atoms with van der Waals surface area (Å²) in [4.78, 5) is 9.34. The van der Waals surface area contributed by atoms with Gasteiger partial charge in [0.1, 0.15) is 18.5 Å². The topological polar surface area (TPSA) is 108 Å². The van der Waals surface area contributed by atoms with Gasteiger partial charge >= 0.3 is 0 Å². The standard InChI is InChI=1S/C26H30FN5O3/c1-3-18-6-4-9-25(30-18)32-23-14-17(15-24(19(23)16-29-32)35-13-12-34-2)21-7-5-8-22(31-21)26(28)20(27)10-11-33/h4-9,14-16,20,26,33H,3,10-13,28H2,1-2H3/t20?,26-/m1/s1. The highest BCUT2D eigenvalue weighted by Crippen LogP contribution is 2.33. The lowest BCUT2D eigenvalue weighted by molar-refractivity contribution is 0.147. The van der Waals surface area contributed by atoms with E-state index in [4.69, 9.17) is 25.3 Å². The number of aromatic nitrogens is 4. The van der Waals surface area contributed by atoms with Gasteiger partial charge in [0.05, 0.1) is 41.1 Å². The van der Waals surface area contributed by atoms with E-state index < -0.39 is 12.2 Å². The number of pyridine rings is 2. The highest BCUT2D eigenvalue weighted by molar-refractivity contribution is 5.90. The van der Waals surface area contributed by atoms with Crippen LogP contribution in [0.1, 0.15) is 30.8 Å². The minimum absolute atomic E-state index is 0.0421. The summed E-state index contributed by atoms with van der Waals surface area (Å²) in [5.41, 5.74) is 9.64. The molecule has 3 heterocycles. The van der Waals surface area contributed by atoms with Crippen LogP contribution in [0.4, 0.5) is 4.39 Å². The van der Waals surface area contributed by atoms with E-state index in [1.165, 1.54) is 0 Å². The lowest BCUT2D eigenvalue weighted by atomic mass is 10.0. The normalized spacial score (nSPS) is 13.2. The maximum absolute atomic E-state index is 14.3. The zero-order chi connectivity index (χ0) is 24.8. The van der Waals surface area contributed by atoms with Crippen molar-refractivity contribution in [2.24, 2.45) is 5.73 Å².